The van der Waals surface area contributed by atoms with Crippen molar-refractivity contribution in [1.29, 1.82) is 5.26 Å². The summed E-state index contributed by atoms with van der Waals surface area (Å²) in [4.78, 5) is 2.06. The molecule has 1 fully saturated rings. The lowest BCUT2D eigenvalue weighted by Gasteiger charge is -2.28. The fourth-order valence-electron chi connectivity index (χ4n) is 2.97. The third kappa shape index (κ3) is 3.51. The molecule has 1 aromatic heterocycles. The van der Waals surface area contributed by atoms with Crippen LogP contribution in [-0.4, -0.2) is 37.0 Å². The van der Waals surface area contributed by atoms with E-state index >= 15 is 0 Å². The average Bonchev–Trinajstić information content (AvgIpc) is 2.53. The number of ether oxygens (including phenoxy) is 1. The molecule has 0 spiro atoms. The fourth-order valence-corrected chi connectivity index (χ4v) is 2.97. The standard InChI is InChI=1S/C16H24N4O/c1-4-13-14(9-17)16(19-18-15(13)5-2)20(3)10-12-7-6-8-21-11-12/h12H,4-8,10-11H2,1-3H3. The Morgan fingerprint density at radius 1 is 1.33 bits per heavy atom. The number of aryl methyl sites for hydroxylation is 1. The number of hydrogen-bond acceptors (Lipinski definition) is 5. The van der Waals surface area contributed by atoms with E-state index in [-0.39, 0.29) is 0 Å². The Kier molecular flexibility index (Phi) is 5.51. The van der Waals surface area contributed by atoms with Crippen LogP contribution in [0.5, 0.6) is 0 Å². The molecule has 1 aliphatic heterocycles. The SMILES string of the molecule is CCc1nnc(N(C)CC2CCCOC2)c(C#N)c1CC. The zero-order valence-electron chi connectivity index (χ0n) is 13.2. The van der Waals surface area contributed by atoms with Crippen molar-refractivity contribution in [2.24, 2.45) is 5.92 Å². The van der Waals surface area contributed by atoms with E-state index in [4.69, 9.17) is 4.74 Å². The van der Waals surface area contributed by atoms with Crippen LogP contribution in [0.2, 0.25) is 0 Å². The molecule has 2 heterocycles. The van der Waals surface area contributed by atoms with Gasteiger partial charge in [0, 0.05) is 20.2 Å². The highest BCUT2D eigenvalue weighted by Crippen LogP contribution is 2.24. The lowest BCUT2D eigenvalue weighted by molar-refractivity contribution is 0.0576. The monoisotopic (exact) mass is 288 g/mol. The molecule has 21 heavy (non-hydrogen) atoms. The fraction of sp³-hybridized carbons (Fsp3) is 0.688. The largest absolute Gasteiger partial charge is 0.381 e. The van der Waals surface area contributed by atoms with Crippen molar-refractivity contribution in [3.8, 4) is 6.07 Å². The van der Waals surface area contributed by atoms with Gasteiger partial charge >= 0.3 is 0 Å². The predicted octanol–water partition coefficient (Wildman–Crippen LogP) is 2.34. The van der Waals surface area contributed by atoms with Crippen LogP contribution in [0.25, 0.3) is 0 Å². The van der Waals surface area contributed by atoms with Gasteiger partial charge in [0.15, 0.2) is 5.82 Å². The normalized spacial score (nSPS) is 18.3. The van der Waals surface area contributed by atoms with E-state index in [2.05, 4.69) is 28.1 Å². The van der Waals surface area contributed by atoms with Crippen molar-refractivity contribution >= 4 is 5.82 Å². The Bertz CT molecular complexity index is 518. The molecule has 0 N–H and O–H groups in total. The summed E-state index contributed by atoms with van der Waals surface area (Å²) in [5.41, 5.74) is 2.66. The maximum atomic E-state index is 9.54. The second-order valence-electron chi connectivity index (χ2n) is 5.61. The first kappa shape index (κ1) is 15.7. The Morgan fingerprint density at radius 3 is 2.71 bits per heavy atom. The topological polar surface area (TPSA) is 62.0 Å². The lowest BCUT2D eigenvalue weighted by Crippen LogP contribution is -2.32. The van der Waals surface area contributed by atoms with Crippen molar-refractivity contribution in [1.82, 2.24) is 10.2 Å². The predicted molar refractivity (Wildman–Crippen MR) is 82.3 cm³/mol. The van der Waals surface area contributed by atoms with Gasteiger partial charge in [-0.05, 0) is 37.2 Å². The van der Waals surface area contributed by atoms with Gasteiger partial charge < -0.3 is 9.64 Å². The maximum Gasteiger partial charge on any atom is 0.169 e. The highest BCUT2D eigenvalue weighted by Gasteiger charge is 2.21. The zero-order valence-corrected chi connectivity index (χ0v) is 13.2. The van der Waals surface area contributed by atoms with Crippen molar-refractivity contribution in [2.75, 3.05) is 31.7 Å². The molecule has 0 aromatic carbocycles. The van der Waals surface area contributed by atoms with Gasteiger partial charge in [-0.2, -0.15) is 10.4 Å². The van der Waals surface area contributed by atoms with Gasteiger partial charge in [-0.25, -0.2) is 0 Å². The molecular weight excluding hydrogens is 264 g/mol. The lowest BCUT2D eigenvalue weighted by atomic mass is 10.0. The van der Waals surface area contributed by atoms with E-state index in [0.29, 0.717) is 17.3 Å². The summed E-state index contributed by atoms with van der Waals surface area (Å²) in [6.07, 6.45) is 3.91. The van der Waals surface area contributed by atoms with Gasteiger partial charge in [0.2, 0.25) is 0 Å². The molecule has 0 saturated carbocycles. The van der Waals surface area contributed by atoms with Crippen molar-refractivity contribution < 1.29 is 4.74 Å². The minimum atomic E-state index is 0.507. The number of aromatic nitrogens is 2. The Hall–Kier alpha value is -1.67. The third-order valence-corrected chi connectivity index (χ3v) is 4.09. The molecule has 5 nitrogen and oxygen atoms in total. The van der Waals surface area contributed by atoms with E-state index in [0.717, 1.165) is 50.3 Å². The van der Waals surface area contributed by atoms with Crippen LogP contribution in [0.3, 0.4) is 0 Å². The van der Waals surface area contributed by atoms with Crippen LogP contribution in [0.15, 0.2) is 0 Å². The first-order chi connectivity index (χ1) is 10.2. The molecule has 0 bridgehead atoms. The van der Waals surface area contributed by atoms with Crippen LogP contribution in [-0.2, 0) is 17.6 Å². The first-order valence-electron chi connectivity index (χ1n) is 7.78. The minimum Gasteiger partial charge on any atom is -0.381 e. The quantitative estimate of drug-likeness (QED) is 0.832. The smallest absolute Gasteiger partial charge is 0.169 e. The summed E-state index contributed by atoms with van der Waals surface area (Å²) in [6, 6.07) is 2.33. The molecule has 0 radical (unpaired) electrons. The summed E-state index contributed by atoms with van der Waals surface area (Å²) >= 11 is 0. The van der Waals surface area contributed by atoms with Crippen molar-refractivity contribution in [3.05, 3.63) is 16.8 Å². The molecule has 0 amide bonds. The van der Waals surface area contributed by atoms with Crippen LogP contribution >= 0.6 is 0 Å². The summed E-state index contributed by atoms with van der Waals surface area (Å²) in [5.74, 6) is 1.21. The average molecular weight is 288 g/mol. The van der Waals surface area contributed by atoms with Gasteiger partial charge in [-0.15, -0.1) is 5.10 Å². The Morgan fingerprint density at radius 2 is 2.14 bits per heavy atom. The molecule has 5 heteroatoms. The van der Waals surface area contributed by atoms with Crippen molar-refractivity contribution in [2.45, 2.75) is 39.5 Å². The van der Waals surface area contributed by atoms with Gasteiger partial charge in [0.1, 0.15) is 11.6 Å². The van der Waals surface area contributed by atoms with E-state index < -0.39 is 0 Å². The van der Waals surface area contributed by atoms with Crippen LogP contribution in [0.4, 0.5) is 5.82 Å². The molecule has 0 aliphatic carbocycles. The Labute approximate surface area is 126 Å². The molecule has 114 valence electrons. The van der Waals surface area contributed by atoms with Gasteiger partial charge in [0.25, 0.3) is 0 Å². The summed E-state index contributed by atoms with van der Waals surface area (Å²) in [7, 11) is 1.99. The second-order valence-corrected chi connectivity index (χ2v) is 5.61. The number of nitrogens with zero attached hydrogens (tertiary/aromatic N) is 4. The summed E-state index contributed by atoms with van der Waals surface area (Å²) in [5, 5.41) is 18.2. The number of hydrogen-bond donors (Lipinski definition) is 0. The van der Waals surface area contributed by atoms with E-state index in [1.807, 2.05) is 14.0 Å². The van der Waals surface area contributed by atoms with Gasteiger partial charge in [-0.1, -0.05) is 13.8 Å². The second kappa shape index (κ2) is 7.37. The molecule has 1 saturated heterocycles. The van der Waals surface area contributed by atoms with Crippen molar-refractivity contribution in [3.63, 3.8) is 0 Å². The molecular formula is C16H24N4O. The van der Waals surface area contributed by atoms with Crippen LogP contribution in [0.1, 0.15) is 43.5 Å². The van der Waals surface area contributed by atoms with E-state index in [1.54, 1.807) is 0 Å². The molecule has 1 aromatic rings. The third-order valence-electron chi connectivity index (χ3n) is 4.09. The number of rotatable bonds is 5. The molecule has 2 rings (SSSR count). The Balaban J connectivity index is 2.23. The maximum absolute atomic E-state index is 9.54. The van der Waals surface area contributed by atoms with E-state index in [9.17, 15) is 5.26 Å². The summed E-state index contributed by atoms with van der Waals surface area (Å²) < 4.78 is 5.53. The van der Waals surface area contributed by atoms with E-state index in [1.165, 1.54) is 6.42 Å². The van der Waals surface area contributed by atoms with Crippen LogP contribution in [0, 0.1) is 17.2 Å². The summed E-state index contributed by atoms with van der Waals surface area (Å²) in [6.45, 7) is 6.64. The molecule has 1 aliphatic rings. The number of anilines is 1. The first-order valence-corrected chi connectivity index (χ1v) is 7.78. The number of nitriles is 1. The zero-order chi connectivity index (χ0) is 15.2. The molecule has 1 unspecified atom stereocenters. The molecule has 1 atom stereocenters. The highest BCUT2D eigenvalue weighted by molar-refractivity contribution is 5.57. The minimum absolute atomic E-state index is 0.507. The van der Waals surface area contributed by atoms with Gasteiger partial charge in [-0.3, -0.25) is 0 Å². The highest BCUT2D eigenvalue weighted by atomic mass is 16.5. The van der Waals surface area contributed by atoms with Gasteiger partial charge in [0.05, 0.1) is 12.3 Å². The van der Waals surface area contributed by atoms with Crippen LogP contribution < -0.4 is 4.90 Å².